The second kappa shape index (κ2) is 9.28. The molecule has 30 heavy (non-hydrogen) atoms. The lowest BCUT2D eigenvalue weighted by atomic mass is 10.1. The first-order valence-electron chi connectivity index (χ1n) is 10.1. The van der Waals surface area contributed by atoms with Gasteiger partial charge in [0.2, 0.25) is 0 Å². The molecule has 1 aliphatic carbocycles. The van der Waals surface area contributed by atoms with Gasteiger partial charge in [-0.2, -0.15) is 0 Å². The van der Waals surface area contributed by atoms with Crippen LogP contribution in [0.3, 0.4) is 0 Å². The second-order valence-electron chi connectivity index (χ2n) is 8.56. The Morgan fingerprint density at radius 3 is 2.63 bits per heavy atom. The Balaban J connectivity index is 1.56. The standard InChI is InChI=1S/C24H28FNO4/c1-16(2)14-29-26-13-19-22(24(19,3)4)23(27)28-15-17-10-11-20(25)21(12-17)30-18-8-6-5-7-9-18/h5-13,16,19,22H,14-15H2,1-4H3/b26-13-. The fourth-order valence-electron chi connectivity index (χ4n) is 3.28. The van der Waals surface area contributed by atoms with Crippen molar-refractivity contribution in [2.75, 3.05) is 6.61 Å². The van der Waals surface area contributed by atoms with Gasteiger partial charge in [0, 0.05) is 12.1 Å². The highest BCUT2D eigenvalue weighted by atomic mass is 19.1. The van der Waals surface area contributed by atoms with Crippen molar-refractivity contribution in [2.24, 2.45) is 28.3 Å². The van der Waals surface area contributed by atoms with E-state index in [1.807, 2.05) is 45.9 Å². The zero-order valence-corrected chi connectivity index (χ0v) is 17.8. The molecule has 6 heteroatoms. The van der Waals surface area contributed by atoms with Crippen molar-refractivity contribution in [3.8, 4) is 11.5 Å². The minimum atomic E-state index is -0.477. The molecule has 3 rings (SSSR count). The van der Waals surface area contributed by atoms with Crippen LogP contribution in [0.15, 0.2) is 53.7 Å². The van der Waals surface area contributed by atoms with Crippen LogP contribution in [0, 0.1) is 29.0 Å². The van der Waals surface area contributed by atoms with Gasteiger partial charge in [0.1, 0.15) is 19.0 Å². The van der Waals surface area contributed by atoms with Gasteiger partial charge in [-0.15, -0.1) is 0 Å². The number of para-hydroxylation sites is 1. The number of hydrogen-bond donors (Lipinski definition) is 0. The van der Waals surface area contributed by atoms with Crippen molar-refractivity contribution >= 4 is 12.2 Å². The van der Waals surface area contributed by atoms with E-state index < -0.39 is 5.82 Å². The van der Waals surface area contributed by atoms with Gasteiger partial charge in [-0.25, -0.2) is 4.39 Å². The van der Waals surface area contributed by atoms with E-state index in [9.17, 15) is 9.18 Å². The quantitative estimate of drug-likeness (QED) is 0.305. The minimum Gasteiger partial charge on any atom is -0.461 e. The van der Waals surface area contributed by atoms with Crippen molar-refractivity contribution in [3.05, 3.63) is 59.9 Å². The predicted molar refractivity (Wildman–Crippen MR) is 113 cm³/mol. The third-order valence-electron chi connectivity index (χ3n) is 5.22. The molecule has 2 aromatic carbocycles. The molecule has 0 aromatic heterocycles. The third kappa shape index (κ3) is 5.38. The van der Waals surface area contributed by atoms with Crippen LogP contribution in [-0.4, -0.2) is 18.8 Å². The number of esters is 1. The van der Waals surface area contributed by atoms with Crippen molar-refractivity contribution < 1.29 is 23.5 Å². The SMILES string of the molecule is CC(C)CO/N=C\C1C(C(=O)OCc2ccc(F)c(Oc3ccccc3)c2)C1(C)C. The number of ether oxygens (including phenoxy) is 2. The average molecular weight is 413 g/mol. The summed E-state index contributed by atoms with van der Waals surface area (Å²) in [6.45, 7) is 8.68. The molecule has 160 valence electrons. The summed E-state index contributed by atoms with van der Waals surface area (Å²) >= 11 is 0. The predicted octanol–water partition coefficient (Wildman–Crippen LogP) is 5.59. The van der Waals surface area contributed by atoms with Crippen molar-refractivity contribution in [3.63, 3.8) is 0 Å². The van der Waals surface area contributed by atoms with Gasteiger partial charge < -0.3 is 14.3 Å². The Bertz CT molecular complexity index is 895. The number of nitrogens with zero attached hydrogens (tertiary/aromatic N) is 1. The zero-order valence-electron chi connectivity index (χ0n) is 17.8. The summed E-state index contributed by atoms with van der Waals surface area (Å²) in [6, 6.07) is 13.4. The Morgan fingerprint density at radius 2 is 1.93 bits per heavy atom. The van der Waals surface area contributed by atoms with Crippen LogP contribution in [0.25, 0.3) is 0 Å². The molecule has 0 spiro atoms. The Hall–Kier alpha value is -2.89. The van der Waals surface area contributed by atoms with Gasteiger partial charge in [0.25, 0.3) is 0 Å². The maximum atomic E-state index is 14.1. The summed E-state index contributed by atoms with van der Waals surface area (Å²) in [5.41, 5.74) is 0.422. The fraction of sp³-hybridized carbons (Fsp3) is 0.417. The molecule has 0 N–H and O–H groups in total. The van der Waals surface area contributed by atoms with Crippen LogP contribution < -0.4 is 4.74 Å². The minimum absolute atomic E-state index is 0.0256. The molecular weight excluding hydrogens is 385 g/mol. The van der Waals surface area contributed by atoms with E-state index in [1.165, 1.54) is 6.07 Å². The number of benzene rings is 2. The fourth-order valence-corrected chi connectivity index (χ4v) is 3.28. The number of carbonyl (C=O) groups excluding carboxylic acids is 1. The number of halogens is 1. The van der Waals surface area contributed by atoms with Crippen LogP contribution in [-0.2, 0) is 21.0 Å². The van der Waals surface area contributed by atoms with Gasteiger partial charge in [0.05, 0.1) is 5.92 Å². The van der Waals surface area contributed by atoms with E-state index >= 15 is 0 Å². The molecule has 1 aliphatic rings. The highest BCUT2D eigenvalue weighted by molar-refractivity contribution is 5.85. The van der Waals surface area contributed by atoms with Gasteiger partial charge in [-0.05, 0) is 41.2 Å². The van der Waals surface area contributed by atoms with E-state index in [0.717, 1.165) is 0 Å². The largest absolute Gasteiger partial charge is 0.461 e. The Labute approximate surface area is 176 Å². The van der Waals surface area contributed by atoms with E-state index in [1.54, 1.807) is 30.5 Å². The summed E-state index contributed by atoms with van der Waals surface area (Å²) in [7, 11) is 0. The van der Waals surface area contributed by atoms with Gasteiger partial charge in [-0.1, -0.05) is 57.1 Å². The number of carbonyl (C=O) groups is 1. The maximum absolute atomic E-state index is 14.1. The van der Waals surface area contributed by atoms with E-state index in [2.05, 4.69) is 5.16 Å². The van der Waals surface area contributed by atoms with Crippen molar-refractivity contribution in [1.29, 1.82) is 0 Å². The van der Waals surface area contributed by atoms with E-state index in [0.29, 0.717) is 23.8 Å². The molecule has 2 aromatic rings. The molecule has 5 nitrogen and oxygen atoms in total. The molecule has 2 atom stereocenters. The summed E-state index contributed by atoms with van der Waals surface area (Å²) in [5.74, 6) is -0.0562. The van der Waals surface area contributed by atoms with Gasteiger partial charge in [0.15, 0.2) is 11.6 Å². The smallest absolute Gasteiger partial charge is 0.310 e. The molecule has 0 saturated heterocycles. The van der Waals surface area contributed by atoms with Gasteiger partial charge in [-0.3, -0.25) is 4.79 Å². The summed E-state index contributed by atoms with van der Waals surface area (Å²) in [5, 5.41) is 3.99. The summed E-state index contributed by atoms with van der Waals surface area (Å²) in [4.78, 5) is 17.8. The lowest BCUT2D eigenvalue weighted by Gasteiger charge is -2.10. The molecule has 2 unspecified atom stereocenters. The van der Waals surface area contributed by atoms with Crippen LogP contribution in [0.2, 0.25) is 0 Å². The van der Waals surface area contributed by atoms with E-state index in [-0.39, 0.29) is 35.6 Å². The second-order valence-corrected chi connectivity index (χ2v) is 8.56. The zero-order chi connectivity index (χ0) is 21.7. The van der Waals surface area contributed by atoms with Crippen molar-refractivity contribution in [2.45, 2.75) is 34.3 Å². The van der Waals surface area contributed by atoms with E-state index in [4.69, 9.17) is 14.3 Å². The molecule has 0 aliphatic heterocycles. The molecule has 0 heterocycles. The normalized spacial score (nSPS) is 19.7. The van der Waals surface area contributed by atoms with Crippen LogP contribution in [0.1, 0.15) is 33.3 Å². The van der Waals surface area contributed by atoms with Crippen LogP contribution in [0.5, 0.6) is 11.5 Å². The third-order valence-corrected chi connectivity index (χ3v) is 5.22. The van der Waals surface area contributed by atoms with Crippen LogP contribution in [0.4, 0.5) is 4.39 Å². The Kier molecular flexibility index (Phi) is 6.75. The number of oxime groups is 1. The monoisotopic (exact) mass is 413 g/mol. The lowest BCUT2D eigenvalue weighted by Crippen LogP contribution is -2.11. The van der Waals surface area contributed by atoms with Crippen LogP contribution >= 0.6 is 0 Å². The first-order valence-corrected chi connectivity index (χ1v) is 10.1. The van der Waals surface area contributed by atoms with Crippen molar-refractivity contribution in [1.82, 2.24) is 0 Å². The lowest BCUT2D eigenvalue weighted by molar-refractivity contribution is -0.147. The maximum Gasteiger partial charge on any atom is 0.310 e. The van der Waals surface area contributed by atoms with Gasteiger partial charge >= 0.3 is 5.97 Å². The first-order chi connectivity index (χ1) is 14.3. The molecule has 1 fully saturated rings. The number of hydrogen-bond acceptors (Lipinski definition) is 5. The average Bonchev–Trinajstić information content (AvgIpc) is 3.26. The summed E-state index contributed by atoms with van der Waals surface area (Å²) < 4.78 is 25.2. The highest BCUT2D eigenvalue weighted by Crippen LogP contribution is 2.57. The number of rotatable bonds is 9. The topological polar surface area (TPSA) is 57.1 Å². The first kappa shape index (κ1) is 21.8. The Morgan fingerprint density at radius 1 is 1.20 bits per heavy atom. The molecule has 0 radical (unpaired) electrons. The molecule has 0 amide bonds. The molecule has 0 bridgehead atoms. The molecular formula is C24H28FNO4. The molecule has 1 saturated carbocycles. The highest BCUT2D eigenvalue weighted by Gasteiger charge is 2.62. The summed E-state index contributed by atoms with van der Waals surface area (Å²) in [6.07, 6.45) is 1.69.